The lowest BCUT2D eigenvalue weighted by molar-refractivity contribution is 0.0557. The van der Waals surface area contributed by atoms with Crippen molar-refractivity contribution in [1.82, 2.24) is 15.2 Å². The number of aromatic amines is 1. The predicted molar refractivity (Wildman–Crippen MR) is 116 cm³/mol. The second-order valence-corrected chi connectivity index (χ2v) is 10.1. The third kappa shape index (κ3) is 5.56. The van der Waals surface area contributed by atoms with Crippen molar-refractivity contribution in [3.05, 3.63) is 64.1 Å². The molecule has 0 saturated heterocycles. The van der Waals surface area contributed by atoms with Crippen LogP contribution in [0.25, 0.3) is 11.4 Å². The van der Waals surface area contributed by atoms with Crippen LogP contribution in [0, 0.1) is 0 Å². The highest BCUT2D eigenvalue weighted by Gasteiger charge is 2.51. The first-order chi connectivity index (χ1) is 14.2. The molecule has 0 spiro atoms. The van der Waals surface area contributed by atoms with E-state index in [1.807, 2.05) is 30.3 Å². The first-order valence-electron chi connectivity index (χ1n) is 9.01. The van der Waals surface area contributed by atoms with Crippen molar-refractivity contribution in [1.29, 1.82) is 0 Å². The van der Waals surface area contributed by atoms with Crippen LogP contribution in [0.2, 0.25) is 0 Å². The van der Waals surface area contributed by atoms with Gasteiger partial charge in [-0.05, 0) is 30.9 Å². The SMILES string of the molecule is O=P(O)(O)C(F)(F)c1ccc(CCCCSc2n[nH]c(-c3ccccc3)n2)cc1Br. The number of alkyl halides is 2. The third-order valence-corrected chi connectivity index (χ3v) is 6.89. The summed E-state index contributed by atoms with van der Waals surface area (Å²) in [4.78, 5) is 22.2. The molecule has 30 heavy (non-hydrogen) atoms. The quantitative estimate of drug-likeness (QED) is 0.195. The Morgan fingerprint density at radius 3 is 2.53 bits per heavy atom. The third-order valence-electron chi connectivity index (χ3n) is 4.33. The summed E-state index contributed by atoms with van der Waals surface area (Å²) < 4.78 is 38.8. The number of unbranched alkanes of at least 4 members (excludes halogenated alkanes) is 1. The van der Waals surface area contributed by atoms with E-state index in [4.69, 9.17) is 9.79 Å². The number of aromatic nitrogens is 3. The van der Waals surface area contributed by atoms with Gasteiger partial charge in [0.05, 0.1) is 0 Å². The summed E-state index contributed by atoms with van der Waals surface area (Å²) in [6.45, 7) is 0. The molecule has 0 aliphatic carbocycles. The fraction of sp³-hybridized carbons (Fsp3) is 0.263. The topological polar surface area (TPSA) is 99.1 Å². The second kappa shape index (κ2) is 9.70. The molecule has 0 aliphatic rings. The van der Waals surface area contributed by atoms with Crippen LogP contribution in [0.5, 0.6) is 0 Å². The number of thioether (sulfide) groups is 1. The lowest BCUT2D eigenvalue weighted by Gasteiger charge is -2.19. The molecular formula is C19H19BrF2N3O3PS. The van der Waals surface area contributed by atoms with Gasteiger partial charge in [-0.2, -0.15) is 8.78 Å². The van der Waals surface area contributed by atoms with Crippen molar-refractivity contribution in [2.24, 2.45) is 0 Å². The first kappa shape index (κ1) is 23.1. The van der Waals surface area contributed by atoms with Crippen LogP contribution in [0.15, 0.2) is 58.2 Å². The monoisotopic (exact) mass is 517 g/mol. The molecular weight excluding hydrogens is 499 g/mol. The lowest BCUT2D eigenvalue weighted by atomic mass is 10.1. The average molecular weight is 518 g/mol. The van der Waals surface area contributed by atoms with E-state index in [2.05, 4.69) is 31.1 Å². The molecule has 1 heterocycles. The van der Waals surface area contributed by atoms with E-state index in [1.54, 1.807) is 0 Å². The van der Waals surface area contributed by atoms with Crippen molar-refractivity contribution in [2.75, 3.05) is 5.75 Å². The molecule has 0 saturated carbocycles. The van der Waals surface area contributed by atoms with Crippen molar-refractivity contribution < 1.29 is 23.1 Å². The Morgan fingerprint density at radius 2 is 1.87 bits per heavy atom. The van der Waals surface area contributed by atoms with Gasteiger partial charge in [-0.15, -0.1) is 5.10 Å². The Balaban J connectivity index is 1.48. The zero-order chi connectivity index (χ0) is 21.8. The van der Waals surface area contributed by atoms with Crippen molar-refractivity contribution in [3.8, 4) is 11.4 Å². The lowest BCUT2D eigenvalue weighted by Crippen LogP contribution is -2.14. The number of rotatable bonds is 9. The number of hydrogen-bond acceptors (Lipinski definition) is 4. The standard InChI is InChI=1S/C19H19BrF2N3O3PS/c20-16-12-13(9-10-15(16)19(21,22)29(26,27)28)6-4-5-11-30-18-23-17(24-25-18)14-7-2-1-3-8-14/h1-3,7-10,12H,4-6,11H2,(H,23,24,25)(H2,26,27,28). The molecule has 6 nitrogen and oxygen atoms in total. The molecule has 3 N–H and O–H groups in total. The zero-order valence-corrected chi connectivity index (χ0v) is 18.9. The summed E-state index contributed by atoms with van der Waals surface area (Å²) in [7, 11) is -5.59. The second-order valence-electron chi connectivity index (χ2n) is 6.54. The molecule has 0 bridgehead atoms. The summed E-state index contributed by atoms with van der Waals surface area (Å²) in [5.41, 5.74) is -3.17. The zero-order valence-electron chi connectivity index (χ0n) is 15.6. The molecule has 0 aliphatic heterocycles. The van der Waals surface area contributed by atoms with E-state index in [1.165, 1.54) is 23.9 Å². The molecule has 3 aromatic rings. The van der Waals surface area contributed by atoms with E-state index < -0.39 is 18.8 Å². The van der Waals surface area contributed by atoms with E-state index in [-0.39, 0.29) is 4.47 Å². The van der Waals surface area contributed by atoms with Crippen LogP contribution in [0.3, 0.4) is 0 Å². The van der Waals surface area contributed by atoms with E-state index in [0.29, 0.717) is 11.6 Å². The minimum absolute atomic E-state index is 0.0168. The normalized spacial score (nSPS) is 12.3. The van der Waals surface area contributed by atoms with Gasteiger partial charge in [-0.25, -0.2) is 4.98 Å². The number of hydrogen-bond donors (Lipinski definition) is 3. The van der Waals surface area contributed by atoms with Gasteiger partial charge in [0.15, 0.2) is 5.82 Å². The van der Waals surface area contributed by atoms with Gasteiger partial charge >= 0.3 is 13.3 Å². The smallest absolute Gasteiger partial charge is 0.320 e. The van der Waals surface area contributed by atoms with Crippen LogP contribution < -0.4 is 0 Å². The number of benzene rings is 2. The van der Waals surface area contributed by atoms with Gasteiger partial charge < -0.3 is 9.79 Å². The number of aryl methyl sites for hydroxylation is 1. The summed E-state index contributed by atoms with van der Waals surface area (Å²) in [5, 5.41) is 7.78. The highest BCUT2D eigenvalue weighted by Crippen LogP contribution is 2.60. The number of halogens is 3. The maximum absolute atomic E-state index is 13.9. The molecule has 3 rings (SSSR count). The van der Waals surface area contributed by atoms with Crippen LogP contribution in [0.4, 0.5) is 8.78 Å². The molecule has 1 aromatic heterocycles. The Morgan fingerprint density at radius 1 is 1.13 bits per heavy atom. The maximum Gasteiger partial charge on any atom is 0.399 e. The molecule has 0 unspecified atom stereocenters. The van der Waals surface area contributed by atoms with Gasteiger partial charge in [-0.3, -0.25) is 9.66 Å². The van der Waals surface area contributed by atoms with Crippen LogP contribution in [0.1, 0.15) is 24.0 Å². The Kier molecular flexibility index (Phi) is 7.47. The minimum atomic E-state index is -5.59. The summed E-state index contributed by atoms with van der Waals surface area (Å²) in [6.07, 6.45) is 2.35. The molecule has 0 fully saturated rings. The van der Waals surface area contributed by atoms with Gasteiger partial charge in [0.25, 0.3) is 0 Å². The van der Waals surface area contributed by atoms with E-state index in [9.17, 15) is 13.3 Å². The van der Waals surface area contributed by atoms with Crippen LogP contribution in [-0.4, -0.2) is 30.7 Å². The fourth-order valence-electron chi connectivity index (χ4n) is 2.75. The van der Waals surface area contributed by atoms with Crippen molar-refractivity contribution >= 4 is 35.3 Å². The number of nitrogens with zero attached hydrogens (tertiary/aromatic N) is 2. The molecule has 2 aromatic carbocycles. The van der Waals surface area contributed by atoms with Crippen molar-refractivity contribution in [2.45, 2.75) is 30.1 Å². The largest absolute Gasteiger partial charge is 0.399 e. The highest BCUT2D eigenvalue weighted by atomic mass is 79.9. The Labute approximate surface area is 184 Å². The Hall–Kier alpha value is -1.58. The highest BCUT2D eigenvalue weighted by molar-refractivity contribution is 9.10. The van der Waals surface area contributed by atoms with Gasteiger partial charge in [0.2, 0.25) is 5.16 Å². The molecule has 0 radical (unpaired) electrons. The number of nitrogens with one attached hydrogen (secondary N) is 1. The van der Waals surface area contributed by atoms with Gasteiger partial charge in [-0.1, -0.05) is 70.2 Å². The summed E-state index contributed by atoms with van der Waals surface area (Å²) >= 11 is 4.54. The molecule has 160 valence electrons. The maximum atomic E-state index is 13.9. The van der Waals surface area contributed by atoms with Crippen LogP contribution in [-0.2, 0) is 16.6 Å². The minimum Gasteiger partial charge on any atom is -0.320 e. The van der Waals surface area contributed by atoms with Gasteiger partial charge in [0.1, 0.15) is 0 Å². The van der Waals surface area contributed by atoms with Crippen molar-refractivity contribution in [3.63, 3.8) is 0 Å². The Bertz CT molecular complexity index is 1050. The summed E-state index contributed by atoms with van der Waals surface area (Å²) in [6, 6.07) is 13.7. The number of H-pyrrole nitrogens is 1. The fourth-order valence-corrected chi connectivity index (χ4v) is 4.88. The molecule has 11 heteroatoms. The summed E-state index contributed by atoms with van der Waals surface area (Å²) in [5.74, 6) is 1.52. The van der Waals surface area contributed by atoms with Crippen LogP contribution >= 0.6 is 35.3 Å². The van der Waals surface area contributed by atoms with Gasteiger partial charge in [0, 0.05) is 21.4 Å². The molecule has 0 amide bonds. The average Bonchev–Trinajstić information content (AvgIpc) is 3.16. The first-order valence-corrected chi connectivity index (χ1v) is 12.4. The molecule has 0 atom stereocenters. The van der Waals surface area contributed by atoms with E-state index >= 15 is 0 Å². The predicted octanol–water partition coefficient (Wildman–Crippen LogP) is 5.58. The van der Waals surface area contributed by atoms with E-state index in [0.717, 1.165) is 41.6 Å².